The summed E-state index contributed by atoms with van der Waals surface area (Å²) in [6.45, 7) is 4.37. The number of anilines is 2. The first-order valence-electron chi connectivity index (χ1n) is 10.8. The molecule has 4 heterocycles. The van der Waals surface area contributed by atoms with E-state index in [-0.39, 0.29) is 5.91 Å². The van der Waals surface area contributed by atoms with Crippen LogP contribution in [0.1, 0.15) is 49.8 Å². The first-order chi connectivity index (χ1) is 15.3. The van der Waals surface area contributed by atoms with E-state index in [2.05, 4.69) is 20.6 Å². The lowest BCUT2D eigenvalue weighted by Gasteiger charge is -2.31. The molecule has 2 aliphatic heterocycles. The average Bonchev–Trinajstić information content (AvgIpc) is 2.80. The minimum Gasteiger partial charge on any atom is -0.330 e. The average molecular weight is 445 g/mol. The van der Waals surface area contributed by atoms with Gasteiger partial charge < -0.3 is 15.5 Å². The summed E-state index contributed by atoms with van der Waals surface area (Å²) in [5.74, 6) is 0.609. The molecule has 0 aromatic carbocycles. The lowest BCUT2D eigenvalue weighted by Crippen LogP contribution is -2.32. The van der Waals surface area contributed by atoms with Crippen LogP contribution in [0.3, 0.4) is 0 Å². The Hall–Kier alpha value is -2.94. The Labute approximate surface area is 184 Å². The molecule has 170 valence electrons. The van der Waals surface area contributed by atoms with Gasteiger partial charge in [-0.1, -0.05) is 0 Å². The van der Waals surface area contributed by atoms with E-state index >= 15 is 0 Å². The highest BCUT2D eigenvalue weighted by atomic mass is 19.4. The van der Waals surface area contributed by atoms with Crippen LogP contribution in [0.25, 0.3) is 0 Å². The predicted molar refractivity (Wildman–Crippen MR) is 116 cm³/mol. The van der Waals surface area contributed by atoms with Crippen LogP contribution < -0.4 is 15.5 Å². The van der Waals surface area contributed by atoms with Crippen LogP contribution in [0.5, 0.6) is 0 Å². The highest BCUT2D eigenvalue weighted by Gasteiger charge is 2.31. The number of piperidine rings is 1. The summed E-state index contributed by atoms with van der Waals surface area (Å²) in [6.07, 6.45) is 1.48. The Kier molecular flexibility index (Phi) is 6.45. The molecule has 0 radical (unpaired) electrons. The molecule has 9 heteroatoms. The van der Waals surface area contributed by atoms with Crippen LogP contribution in [0, 0.1) is 0 Å². The van der Waals surface area contributed by atoms with Crippen molar-refractivity contribution in [3.63, 3.8) is 0 Å². The van der Waals surface area contributed by atoms with Crippen LogP contribution >= 0.6 is 0 Å². The van der Waals surface area contributed by atoms with E-state index in [1.54, 1.807) is 18.0 Å². The first kappa shape index (κ1) is 22.3. The summed E-state index contributed by atoms with van der Waals surface area (Å²) in [5.41, 5.74) is 2.16. The first-order valence-corrected chi connectivity index (χ1v) is 10.8. The van der Waals surface area contributed by atoms with E-state index in [1.165, 1.54) is 6.07 Å². The Morgan fingerprint density at radius 1 is 1.12 bits per heavy atom. The zero-order valence-electron chi connectivity index (χ0n) is 17.9. The largest absolute Gasteiger partial charge is 0.417 e. The Bertz CT molecular complexity index is 980. The minimum absolute atomic E-state index is 0.226. The Balaban J connectivity index is 1.46. The molecule has 0 saturated carbocycles. The number of amides is 1. The third-order valence-corrected chi connectivity index (χ3v) is 6.08. The number of rotatable bonds is 4. The van der Waals surface area contributed by atoms with Crippen LogP contribution in [0.4, 0.5) is 24.7 Å². The monoisotopic (exact) mass is 445 g/mol. The number of nitrogens with one attached hydrogen (secondary N) is 2. The normalized spacial score (nSPS) is 18.1. The molecule has 0 atom stereocenters. The number of carbonyl (C=O) groups excluding carboxylic acids is 1. The zero-order chi connectivity index (χ0) is 22.7. The van der Waals surface area contributed by atoms with Gasteiger partial charge >= 0.3 is 6.18 Å². The van der Waals surface area contributed by atoms with E-state index in [0.29, 0.717) is 48.1 Å². The highest BCUT2D eigenvalue weighted by Crippen LogP contribution is 2.32. The summed E-state index contributed by atoms with van der Waals surface area (Å²) in [7, 11) is 0. The second kappa shape index (κ2) is 9.28. The van der Waals surface area contributed by atoms with E-state index in [0.717, 1.165) is 43.9 Å². The molecule has 2 N–H and O–H groups in total. The summed E-state index contributed by atoms with van der Waals surface area (Å²) in [4.78, 5) is 23.2. The fourth-order valence-corrected chi connectivity index (χ4v) is 4.25. The van der Waals surface area contributed by atoms with E-state index in [1.807, 2.05) is 12.1 Å². The number of nitrogens with zero attached hydrogens (tertiary/aromatic N) is 3. The van der Waals surface area contributed by atoms with Crippen molar-refractivity contribution in [2.75, 3.05) is 29.9 Å². The maximum atomic E-state index is 12.9. The molecule has 2 aliphatic rings. The molecule has 0 bridgehead atoms. The number of aromatic nitrogens is 2. The summed E-state index contributed by atoms with van der Waals surface area (Å²) in [5, 5.41) is 6.24. The molecule has 2 aromatic rings. The minimum atomic E-state index is -4.43. The molecule has 0 unspecified atom stereocenters. The number of pyridine rings is 2. The molecule has 0 aliphatic carbocycles. The summed E-state index contributed by atoms with van der Waals surface area (Å²) < 4.78 is 38.5. The highest BCUT2D eigenvalue weighted by molar-refractivity contribution is 6.04. The number of carbonyl (C=O) groups is 1. The lowest BCUT2D eigenvalue weighted by atomic mass is 9.94. The maximum Gasteiger partial charge on any atom is 0.417 e. The third-order valence-electron chi connectivity index (χ3n) is 6.08. The number of hydrogen-bond acceptors (Lipinski definition) is 5. The number of alkyl halides is 3. The van der Waals surface area contributed by atoms with Crippen molar-refractivity contribution in [2.45, 2.75) is 44.7 Å². The van der Waals surface area contributed by atoms with Gasteiger partial charge in [0.25, 0.3) is 5.91 Å². The smallest absolute Gasteiger partial charge is 0.330 e. The van der Waals surface area contributed by atoms with Crippen molar-refractivity contribution in [1.82, 2.24) is 15.3 Å². The molecule has 1 saturated heterocycles. The molecular weight excluding hydrogens is 419 g/mol. The molecule has 6 nitrogen and oxygen atoms in total. The molecular formula is C23H26F3N5O. The fourth-order valence-electron chi connectivity index (χ4n) is 4.25. The van der Waals surface area contributed by atoms with Gasteiger partial charge in [-0.05, 0) is 70.0 Å². The van der Waals surface area contributed by atoms with Crippen LogP contribution in [-0.4, -0.2) is 35.5 Å². The standard InChI is InChI=1S/C23H26F3N5O/c1-15-19(3-2-12-31(15)21-7-4-17(13-29-21)23(24,25)26)22(32)30-18-5-6-20(28-14-18)16-8-10-27-11-9-16/h4-7,13-14,16,27H,2-3,8-12H2,1H3,(H,30,32). The SMILES string of the molecule is CC1=C(C(=O)Nc2ccc(C3CCNCC3)nc2)CCCN1c1ccc(C(F)(F)F)cn1. The van der Waals surface area contributed by atoms with Crippen molar-refractivity contribution in [2.24, 2.45) is 0 Å². The van der Waals surface area contributed by atoms with Crippen molar-refractivity contribution >= 4 is 17.4 Å². The number of allylic oxidation sites excluding steroid dienone is 1. The second-order valence-corrected chi connectivity index (χ2v) is 8.17. The van der Waals surface area contributed by atoms with E-state index in [9.17, 15) is 18.0 Å². The Morgan fingerprint density at radius 3 is 2.53 bits per heavy atom. The predicted octanol–water partition coefficient (Wildman–Crippen LogP) is 4.48. The number of hydrogen-bond donors (Lipinski definition) is 2. The topological polar surface area (TPSA) is 70.2 Å². The van der Waals surface area contributed by atoms with Crippen LogP contribution in [-0.2, 0) is 11.0 Å². The molecule has 0 spiro atoms. The van der Waals surface area contributed by atoms with Gasteiger partial charge in [0.2, 0.25) is 0 Å². The second-order valence-electron chi connectivity index (χ2n) is 8.17. The Morgan fingerprint density at radius 2 is 1.91 bits per heavy atom. The molecule has 32 heavy (non-hydrogen) atoms. The van der Waals surface area contributed by atoms with Crippen LogP contribution in [0.15, 0.2) is 47.9 Å². The van der Waals surface area contributed by atoms with Gasteiger partial charge in [-0.25, -0.2) is 4.98 Å². The molecule has 2 aromatic heterocycles. The molecule has 4 rings (SSSR count). The fraction of sp³-hybridized carbons (Fsp3) is 0.435. The van der Waals surface area contributed by atoms with Crippen molar-refractivity contribution in [3.8, 4) is 0 Å². The maximum absolute atomic E-state index is 12.9. The third kappa shape index (κ3) is 4.93. The van der Waals surface area contributed by atoms with Gasteiger partial charge in [0.05, 0.1) is 17.4 Å². The van der Waals surface area contributed by atoms with Crippen LogP contribution in [0.2, 0.25) is 0 Å². The quantitative estimate of drug-likeness (QED) is 0.727. The van der Waals surface area contributed by atoms with Crippen molar-refractivity contribution in [1.29, 1.82) is 0 Å². The van der Waals surface area contributed by atoms with Gasteiger partial charge in [-0.15, -0.1) is 0 Å². The van der Waals surface area contributed by atoms with Gasteiger partial charge in [0, 0.05) is 35.6 Å². The number of halogens is 3. The van der Waals surface area contributed by atoms with Gasteiger partial charge in [0.15, 0.2) is 0 Å². The van der Waals surface area contributed by atoms with E-state index in [4.69, 9.17) is 0 Å². The zero-order valence-corrected chi connectivity index (χ0v) is 17.9. The summed E-state index contributed by atoms with van der Waals surface area (Å²) >= 11 is 0. The lowest BCUT2D eigenvalue weighted by molar-refractivity contribution is -0.137. The van der Waals surface area contributed by atoms with Gasteiger partial charge in [-0.3, -0.25) is 9.78 Å². The van der Waals surface area contributed by atoms with Gasteiger partial charge in [-0.2, -0.15) is 13.2 Å². The molecule has 1 fully saturated rings. The summed E-state index contributed by atoms with van der Waals surface area (Å²) in [6, 6.07) is 6.19. The molecule has 1 amide bonds. The van der Waals surface area contributed by atoms with Gasteiger partial charge in [0.1, 0.15) is 5.82 Å². The van der Waals surface area contributed by atoms with Crippen molar-refractivity contribution in [3.05, 3.63) is 59.2 Å². The van der Waals surface area contributed by atoms with E-state index < -0.39 is 11.7 Å². The van der Waals surface area contributed by atoms with Crippen molar-refractivity contribution < 1.29 is 18.0 Å².